The van der Waals surface area contributed by atoms with Crippen molar-refractivity contribution in [3.63, 3.8) is 0 Å². The highest BCUT2D eigenvalue weighted by molar-refractivity contribution is 5.16. The van der Waals surface area contributed by atoms with Crippen LogP contribution in [0.2, 0.25) is 0 Å². The van der Waals surface area contributed by atoms with Gasteiger partial charge in [0.2, 0.25) is 5.89 Å². The minimum absolute atomic E-state index is 0.419. The van der Waals surface area contributed by atoms with Gasteiger partial charge >= 0.3 is 0 Å². The lowest BCUT2D eigenvalue weighted by Gasteiger charge is -2.13. The third-order valence-corrected chi connectivity index (χ3v) is 3.17. The molecule has 2 aromatic rings. The van der Waals surface area contributed by atoms with Gasteiger partial charge in [0.05, 0.1) is 6.54 Å². The minimum atomic E-state index is 0.419. The van der Waals surface area contributed by atoms with E-state index in [4.69, 9.17) is 4.52 Å². The largest absolute Gasteiger partial charge is 0.346 e. The predicted molar refractivity (Wildman–Crippen MR) is 73.9 cm³/mol. The number of hydrogen-bond acceptors (Lipinski definition) is 4. The Kier molecular flexibility index (Phi) is 4.74. The molecule has 1 N–H and O–H groups in total. The van der Waals surface area contributed by atoms with Crippen LogP contribution in [-0.2, 0) is 13.0 Å². The van der Waals surface area contributed by atoms with E-state index in [2.05, 4.69) is 52.3 Å². The van der Waals surface area contributed by atoms with Gasteiger partial charge in [-0.15, -0.1) is 0 Å². The van der Waals surface area contributed by atoms with Crippen molar-refractivity contribution < 1.29 is 4.52 Å². The van der Waals surface area contributed by atoms with E-state index in [1.807, 2.05) is 6.92 Å². The summed E-state index contributed by atoms with van der Waals surface area (Å²) in [6, 6.07) is 2.57. The third kappa shape index (κ3) is 3.44. The molecule has 2 aromatic heterocycles. The molecule has 0 fully saturated rings. The number of nitrogens with zero attached hydrogens (tertiary/aromatic N) is 3. The van der Waals surface area contributed by atoms with E-state index in [0.29, 0.717) is 18.5 Å². The number of rotatable bonds is 7. The molecule has 0 saturated heterocycles. The second-order valence-electron chi connectivity index (χ2n) is 4.59. The summed E-state index contributed by atoms with van der Waals surface area (Å²) in [5.41, 5.74) is 1.31. The zero-order valence-electron chi connectivity index (χ0n) is 11.9. The molecule has 0 aromatic carbocycles. The molecule has 2 heterocycles. The number of aromatic nitrogens is 3. The predicted octanol–water partition coefficient (Wildman–Crippen LogP) is 2.54. The van der Waals surface area contributed by atoms with Crippen LogP contribution in [0.4, 0.5) is 0 Å². The molecule has 1 atom stereocenters. The summed E-state index contributed by atoms with van der Waals surface area (Å²) >= 11 is 0. The van der Waals surface area contributed by atoms with Crippen molar-refractivity contribution in [2.24, 2.45) is 0 Å². The van der Waals surface area contributed by atoms with Gasteiger partial charge in [0.1, 0.15) is 0 Å². The van der Waals surface area contributed by atoms with Crippen LogP contribution in [-0.4, -0.2) is 21.3 Å². The Bertz CT molecular complexity index is 503. The standard InChI is InChI=1S/C14H22N4O/c1-4-12(15-6-3)11-7-8-18(9-11)10-13-16-14(5-2)19-17-13/h7-9,12,15H,4-6,10H2,1-3H3. The SMILES string of the molecule is CCNC(CC)c1ccn(Cc2noc(CC)n2)c1. The molecule has 19 heavy (non-hydrogen) atoms. The first-order chi connectivity index (χ1) is 9.26. The van der Waals surface area contributed by atoms with Gasteiger partial charge in [0.15, 0.2) is 5.82 Å². The van der Waals surface area contributed by atoms with Crippen LogP contribution in [0.25, 0.3) is 0 Å². The molecule has 5 heteroatoms. The fourth-order valence-electron chi connectivity index (χ4n) is 2.17. The Morgan fingerprint density at radius 2 is 2.21 bits per heavy atom. The molecule has 5 nitrogen and oxygen atoms in total. The molecule has 0 amide bonds. The molecule has 0 bridgehead atoms. The quantitative estimate of drug-likeness (QED) is 0.833. The molecule has 0 aliphatic carbocycles. The molecule has 0 spiro atoms. The van der Waals surface area contributed by atoms with Crippen LogP contribution >= 0.6 is 0 Å². The van der Waals surface area contributed by atoms with Crippen molar-refractivity contribution in [2.75, 3.05) is 6.54 Å². The van der Waals surface area contributed by atoms with E-state index in [9.17, 15) is 0 Å². The Labute approximate surface area is 114 Å². The Balaban J connectivity index is 2.04. The zero-order valence-corrected chi connectivity index (χ0v) is 11.9. The van der Waals surface area contributed by atoms with E-state index in [1.54, 1.807) is 0 Å². The van der Waals surface area contributed by atoms with E-state index in [1.165, 1.54) is 5.56 Å². The van der Waals surface area contributed by atoms with Crippen molar-refractivity contribution in [2.45, 2.75) is 46.2 Å². The van der Waals surface area contributed by atoms with Crippen LogP contribution in [0.5, 0.6) is 0 Å². The van der Waals surface area contributed by atoms with Gasteiger partial charge in [-0.2, -0.15) is 4.98 Å². The minimum Gasteiger partial charge on any atom is -0.346 e. The Hall–Kier alpha value is -1.62. The highest BCUT2D eigenvalue weighted by Gasteiger charge is 2.10. The highest BCUT2D eigenvalue weighted by atomic mass is 16.5. The molecule has 104 valence electrons. The van der Waals surface area contributed by atoms with Crippen molar-refractivity contribution in [3.05, 3.63) is 35.7 Å². The summed E-state index contributed by atoms with van der Waals surface area (Å²) in [5, 5.41) is 7.45. The van der Waals surface area contributed by atoms with Crippen LogP contribution in [0.15, 0.2) is 23.0 Å². The molecule has 0 aliphatic rings. The van der Waals surface area contributed by atoms with Gasteiger partial charge < -0.3 is 14.4 Å². The summed E-state index contributed by atoms with van der Waals surface area (Å²) in [5.74, 6) is 1.43. The first-order valence-electron chi connectivity index (χ1n) is 6.97. The van der Waals surface area contributed by atoms with Crippen molar-refractivity contribution in [1.82, 2.24) is 20.0 Å². The summed E-state index contributed by atoms with van der Waals surface area (Å²) in [6.07, 6.45) is 6.08. The van der Waals surface area contributed by atoms with Crippen LogP contribution in [0, 0.1) is 0 Å². The average molecular weight is 262 g/mol. The lowest BCUT2D eigenvalue weighted by atomic mass is 10.1. The van der Waals surface area contributed by atoms with Crippen LogP contribution in [0.1, 0.15) is 50.5 Å². The lowest BCUT2D eigenvalue weighted by molar-refractivity contribution is 0.375. The van der Waals surface area contributed by atoms with Gasteiger partial charge in [-0.05, 0) is 24.6 Å². The summed E-state index contributed by atoms with van der Waals surface area (Å²) in [6.45, 7) is 7.97. The Morgan fingerprint density at radius 3 is 2.84 bits per heavy atom. The second-order valence-corrected chi connectivity index (χ2v) is 4.59. The van der Waals surface area contributed by atoms with E-state index >= 15 is 0 Å². The molecule has 1 unspecified atom stereocenters. The lowest BCUT2D eigenvalue weighted by Crippen LogP contribution is -2.19. The van der Waals surface area contributed by atoms with Crippen molar-refractivity contribution in [3.8, 4) is 0 Å². The summed E-state index contributed by atoms with van der Waals surface area (Å²) < 4.78 is 7.21. The monoisotopic (exact) mass is 262 g/mol. The van der Waals surface area contributed by atoms with Crippen molar-refractivity contribution in [1.29, 1.82) is 0 Å². The highest BCUT2D eigenvalue weighted by Crippen LogP contribution is 2.17. The molecule has 2 rings (SSSR count). The van der Waals surface area contributed by atoms with E-state index in [0.717, 1.165) is 25.2 Å². The third-order valence-electron chi connectivity index (χ3n) is 3.17. The van der Waals surface area contributed by atoms with E-state index in [-0.39, 0.29) is 0 Å². The van der Waals surface area contributed by atoms with E-state index < -0.39 is 0 Å². The Morgan fingerprint density at radius 1 is 1.37 bits per heavy atom. The maximum atomic E-state index is 5.11. The smallest absolute Gasteiger partial charge is 0.226 e. The maximum Gasteiger partial charge on any atom is 0.226 e. The van der Waals surface area contributed by atoms with Gasteiger partial charge in [0.25, 0.3) is 0 Å². The van der Waals surface area contributed by atoms with Gasteiger partial charge in [0, 0.05) is 24.9 Å². The second kappa shape index (κ2) is 6.52. The summed E-state index contributed by atoms with van der Waals surface area (Å²) in [4.78, 5) is 4.32. The average Bonchev–Trinajstić information content (AvgIpc) is 3.05. The number of nitrogens with one attached hydrogen (secondary N) is 1. The van der Waals surface area contributed by atoms with Crippen LogP contribution < -0.4 is 5.32 Å². The van der Waals surface area contributed by atoms with Gasteiger partial charge in [-0.25, -0.2) is 0 Å². The van der Waals surface area contributed by atoms with Crippen LogP contribution in [0.3, 0.4) is 0 Å². The fraction of sp³-hybridized carbons (Fsp3) is 0.571. The molecule has 0 saturated carbocycles. The first kappa shape index (κ1) is 13.8. The first-order valence-corrected chi connectivity index (χ1v) is 6.97. The summed E-state index contributed by atoms with van der Waals surface area (Å²) in [7, 11) is 0. The topological polar surface area (TPSA) is 55.9 Å². The molecule has 0 radical (unpaired) electrons. The fourth-order valence-corrected chi connectivity index (χ4v) is 2.17. The number of hydrogen-bond donors (Lipinski definition) is 1. The molecular weight excluding hydrogens is 240 g/mol. The zero-order chi connectivity index (χ0) is 13.7. The maximum absolute atomic E-state index is 5.11. The normalized spacial score (nSPS) is 12.8. The number of aryl methyl sites for hydroxylation is 1. The van der Waals surface area contributed by atoms with Crippen molar-refractivity contribution >= 4 is 0 Å². The van der Waals surface area contributed by atoms with Gasteiger partial charge in [-0.3, -0.25) is 0 Å². The van der Waals surface area contributed by atoms with Gasteiger partial charge in [-0.1, -0.05) is 25.9 Å². The molecule has 0 aliphatic heterocycles. The molecular formula is C14H22N4O.